The summed E-state index contributed by atoms with van der Waals surface area (Å²) in [5.74, 6) is 3.14. The lowest BCUT2D eigenvalue weighted by atomic mass is 10.2. The third kappa shape index (κ3) is 2.98. The number of phenols is 2. The molecule has 2 atom stereocenters. The molecule has 21 heavy (non-hydrogen) atoms. The van der Waals surface area contributed by atoms with E-state index in [1.54, 1.807) is 6.07 Å². The molecular formula is C14H16N2O3S2. The van der Waals surface area contributed by atoms with Gasteiger partial charge in [-0.25, -0.2) is 0 Å². The molecule has 112 valence electrons. The molecule has 2 heterocycles. The molecule has 1 aromatic heterocycles. The fourth-order valence-electron chi connectivity index (χ4n) is 2.30. The van der Waals surface area contributed by atoms with Gasteiger partial charge in [-0.3, -0.25) is 0 Å². The van der Waals surface area contributed by atoms with Crippen LogP contribution < -0.4 is 0 Å². The minimum Gasteiger partial charge on any atom is -0.508 e. The number of rotatable bonds is 3. The maximum Gasteiger partial charge on any atom is 0.261 e. The van der Waals surface area contributed by atoms with Crippen molar-refractivity contribution >= 4 is 23.5 Å². The van der Waals surface area contributed by atoms with Gasteiger partial charge >= 0.3 is 0 Å². The SMILES string of the molecule is CCC1SCCSC1c1noc(-c2ccc(O)cc2O)n1. The molecule has 1 saturated heterocycles. The van der Waals surface area contributed by atoms with Crippen LogP contribution in [0.4, 0.5) is 0 Å². The first kappa shape index (κ1) is 14.6. The number of hydrogen-bond donors (Lipinski definition) is 2. The Balaban J connectivity index is 1.89. The summed E-state index contributed by atoms with van der Waals surface area (Å²) in [7, 11) is 0. The molecule has 0 amide bonds. The molecule has 0 spiro atoms. The standard InChI is InChI=1S/C14H16N2O3S2/c1-2-11-12(21-6-5-20-11)13-15-14(19-16-13)9-4-3-8(17)7-10(9)18/h3-4,7,11-12,17-18H,2,5-6H2,1H3. The third-order valence-corrected chi connectivity index (χ3v) is 6.60. The zero-order valence-electron chi connectivity index (χ0n) is 11.5. The van der Waals surface area contributed by atoms with Crippen LogP contribution in [0.25, 0.3) is 11.5 Å². The molecule has 7 heteroatoms. The summed E-state index contributed by atoms with van der Waals surface area (Å²) < 4.78 is 5.29. The molecule has 1 fully saturated rings. The van der Waals surface area contributed by atoms with Crippen LogP contribution in [-0.4, -0.2) is 37.1 Å². The zero-order chi connectivity index (χ0) is 14.8. The van der Waals surface area contributed by atoms with Crippen molar-refractivity contribution in [2.24, 2.45) is 0 Å². The van der Waals surface area contributed by atoms with E-state index in [9.17, 15) is 10.2 Å². The van der Waals surface area contributed by atoms with Crippen LogP contribution in [-0.2, 0) is 0 Å². The van der Waals surface area contributed by atoms with Crippen molar-refractivity contribution in [3.8, 4) is 23.0 Å². The van der Waals surface area contributed by atoms with E-state index in [1.165, 1.54) is 12.1 Å². The third-order valence-electron chi connectivity index (χ3n) is 3.36. The van der Waals surface area contributed by atoms with Crippen molar-refractivity contribution in [3.05, 3.63) is 24.0 Å². The lowest BCUT2D eigenvalue weighted by molar-refractivity contribution is 0.415. The summed E-state index contributed by atoms with van der Waals surface area (Å²) in [4.78, 5) is 4.44. The number of nitrogens with zero attached hydrogens (tertiary/aromatic N) is 2. The Kier molecular flexibility index (Phi) is 4.30. The summed E-state index contributed by atoms with van der Waals surface area (Å²) in [6, 6.07) is 4.32. The number of aromatic hydroxyl groups is 2. The molecule has 3 rings (SSSR count). The van der Waals surface area contributed by atoms with E-state index in [1.807, 2.05) is 23.5 Å². The van der Waals surface area contributed by atoms with E-state index in [-0.39, 0.29) is 22.6 Å². The second-order valence-corrected chi connectivity index (χ2v) is 7.36. The van der Waals surface area contributed by atoms with E-state index in [0.29, 0.717) is 16.6 Å². The Labute approximate surface area is 131 Å². The molecule has 0 saturated carbocycles. The lowest BCUT2D eigenvalue weighted by Crippen LogP contribution is -2.19. The predicted molar refractivity (Wildman–Crippen MR) is 84.8 cm³/mol. The monoisotopic (exact) mass is 324 g/mol. The van der Waals surface area contributed by atoms with Gasteiger partial charge in [-0.05, 0) is 18.6 Å². The Bertz CT molecular complexity index is 632. The minimum absolute atomic E-state index is 0.00118. The van der Waals surface area contributed by atoms with Crippen molar-refractivity contribution in [3.63, 3.8) is 0 Å². The van der Waals surface area contributed by atoms with Crippen LogP contribution in [0.1, 0.15) is 24.4 Å². The summed E-state index contributed by atoms with van der Waals surface area (Å²) >= 11 is 3.81. The molecule has 0 radical (unpaired) electrons. The van der Waals surface area contributed by atoms with E-state index < -0.39 is 0 Å². The molecule has 2 unspecified atom stereocenters. The minimum atomic E-state index is -0.0667. The van der Waals surface area contributed by atoms with Crippen LogP contribution in [0, 0.1) is 0 Å². The van der Waals surface area contributed by atoms with Crippen LogP contribution in [0.5, 0.6) is 11.5 Å². The lowest BCUT2D eigenvalue weighted by Gasteiger charge is -2.27. The van der Waals surface area contributed by atoms with Gasteiger partial charge in [0.25, 0.3) is 5.89 Å². The van der Waals surface area contributed by atoms with Gasteiger partial charge in [-0.1, -0.05) is 12.1 Å². The van der Waals surface area contributed by atoms with Crippen LogP contribution in [0.2, 0.25) is 0 Å². The Morgan fingerprint density at radius 2 is 2.10 bits per heavy atom. The average Bonchev–Trinajstić information content (AvgIpc) is 2.96. The molecule has 1 aliphatic rings. The van der Waals surface area contributed by atoms with Gasteiger partial charge in [-0.15, -0.1) is 11.8 Å². The molecule has 5 nitrogen and oxygen atoms in total. The smallest absolute Gasteiger partial charge is 0.261 e. The van der Waals surface area contributed by atoms with Gasteiger partial charge in [0.2, 0.25) is 0 Å². The number of benzene rings is 1. The highest BCUT2D eigenvalue weighted by Gasteiger charge is 2.30. The second kappa shape index (κ2) is 6.19. The van der Waals surface area contributed by atoms with Gasteiger partial charge in [0, 0.05) is 22.8 Å². The highest BCUT2D eigenvalue weighted by atomic mass is 32.2. The zero-order valence-corrected chi connectivity index (χ0v) is 13.2. The van der Waals surface area contributed by atoms with Gasteiger partial charge in [0.1, 0.15) is 11.5 Å². The molecule has 2 N–H and O–H groups in total. The Morgan fingerprint density at radius 1 is 1.29 bits per heavy atom. The molecule has 1 aromatic carbocycles. The quantitative estimate of drug-likeness (QED) is 0.895. The topological polar surface area (TPSA) is 79.4 Å². The van der Waals surface area contributed by atoms with E-state index in [2.05, 4.69) is 17.1 Å². The Morgan fingerprint density at radius 3 is 2.86 bits per heavy atom. The van der Waals surface area contributed by atoms with Crippen molar-refractivity contribution in [2.75, 3.05) is 11.5 Å². The second-order valence-electron chi connectivity index (χ2n) is 4.77. The molecule has 0 aliphatic carbocycles. The van der Waals surface area contributed by atoms with Crippen LogP contribution in [0.3, 0.4) is 0 Å². The first-order valence-corrected chi connectivity index (χ1v) is 8.88. The number of aromatic nitrogens is 2. The number of thioether (sulfide) groups is 2. The number of phenolic OH excluding ortho intramolecular Hbond substituents is 2. The molecule has 1 aliphatic heterocycles. The van der Waals surface area contributed by atoms with Gasteiger partial charge < -0.3 is 14.7 Å². The van der Waals surface area contributed by atoms with Crippen LogP contribution in [0.15, 0.2) is 22.7 Å². The largest absolute Gasteiger partial charge is 0.508 e. The van der Waals surface area contributed by atoms with E-state index in [4.69, 9.17) is 4.52 Å². The van der Waals surface area contributed by atoms with E-state index in [0.717, 1.165) is 17.9 Å². The molecule has 0 bridgehead atoms. The van der Waals surface area contributed by atoms with Gasteiger partial charge in [0.15, 0.2) is 5.82 Å². The highest BCUT2D eigenvalue weighted by molar-refractivity contribution is 8.06. The average molecular weight is 324 g/mol. The molecule has 2 aromatic rings. The van der Waals surface area contributed by atoms with Crippen molar-refractivity contribution in [2.45, 2.75) is 23.8 Å². The van der Waals surface area contributed by atoms with Gasteiger partial charge in [0.05, 0.1) is 10.8 Å². The van der Waals surface area contributed by atoms with Crippen molar-refractivity contribution in [1.82, 2.24) is 10.1 Å². The number of hydrogen-bond acceptors (Lipinski definition) is 7. The maximum absolute atomic E-state index is 9.87. The Hall–Kier alpha value is -1.34. The van der Waals surface area contributed by atoms with Crippen molar-refractivity contribution < 1.29 is 14.7 Å². The predicted octanol–water partition coefficient (Wildman–Crippen LogP) is 3.45. The summed E-state index contributed by atoms with van der Waals surface area (Å²) in [5, 5.41) is 24.0. The first-order valence-electron chi connectivity index (χ1n) is 6.78. The maximum atomic E-state index is 9.87. The van der Waals surface area contributed by atoms with Crippen molar-refractivity contribution in [1.29, 1.82) is 0 Å². The van der Waals surface area contributed by atoms with Gasteiger partial charge in [-0.2, -0.15) is 16.7 Å². The summed E-state index contributed by atoms with van der Waals surface area (Å²) in [6.45, 7) is 2.17. The highest BCUT2D eigenvalue weighted by Crippen LogP contribution is 2.43. The fraction of sp³-hybridized carbons (Fsp3) is 0.429. The molecular weight excluding hydrogens is 308 g/mol. The first-order chi connectivity index (χ1) is 10.2. The normalized spacial score (nSPS) is 22.3. The summed E-state index contributed by atoms with van der Waals surface area (Å²) in [6.07, 6.45) is 1.07. The van der Waals surface area contributed by atoms with E-state index >= 15 is 0 Å². The fourth-order valence-corrected chi connectivity index (χ4v) is 5.28. The van der Waals surface area contributed by atoms with Crippen LogP contribution >= 0.6 is 23.5 Å². The summed E-state index contributed by atoms with van der Waals surface area (Å²) in [5.41, 5.74) is 0.438.